The van der Waals surface area contributed by atoms with Crippen LogP contribution in [0.1, 0.15) is 34.8 Å². The van der Waals surface area contributed by atoms with Crippen molar-refractivity contribution in [1.29, 1.82) is 0 Å². The molecule has 9 nitrogen and oxygen atoms in total. The fraction of sp³-hybridized carbons (Fsp3) is 0.500. The quantitative estimate of drug-likeness (QED) is 0.729. The number of aryl methyl sites for hydroxylation is 1. The second-order valence-corrected chi connectivity index (χ2v) is 3.70. The number of nitrogens with zero attached hydrogens (tertiary/aromatic N) is 5. The summed E-state index contributed by atoms with van der Waals surface area (Å²) in [4.78, 5) is 15.7. The number of nitrogens with two attached hydrogens (primary N) is 1. The second-order valence-electron chi connectivity index (χ2n) is 3.70. The first-order chi connectivity index (χ1) is 9.15. The zero-order valence-electron chi connectivity index (χ0n) is 10.7. The van der Waals surface area contributed by atoms with Gasteiger partial charge in [-0.2, -0.15) is 4.98 Å². The van der Waals surface area contributed by atoms with Gasteiger partial charge >= 0.3 is 5.97 Å². The molecular formula is C10H14N6O3. The molecule has 0 unspecified atom stereocenters. The summed E-state index contributed by atoms with van der Waals surface area (Å²) < 4.78 is 11.2. The van der Waals surface area contributed by atoms with Crippen LogP contribution in [-0.4, -0.2) is 37.7 Å². The number of ether oxygens (including phenoxy) is 1. The number of hydrogen-bond donors (Lipinski definition) is 1. The Kier molecular flexibility index (Phi) is 3.85. The Hall–Kier alpha value is -2.29. The fourth-order valence-electron chi connectivity index (χ4n) is 1.56. The Morgan fingerprint density at radius 3 is 2.89 bits per heavy atom. The van der Waals surface area contributed by atoms with E-state index >= 15 is 0 Å². The maximum atomic E-state index is 11.7. The number of hydrogen-bond acceptors (Lipinski definition) is 8. The van der Waals surface area contributed by atoms with Crippen LogP contribution in [0.15, 0.2) is 4.52 Å². The predicted octanol–water partition coefficient (Wildman–Crippen LogP) is -0.347. The summed E-state index contributed by atoms with van der Waals surface area (Å²) in [6, 6.07) is 0. The van der Waals surface area contributed by atoms with Gasteiger partial charge in [-0.15, -0.1) is 5.10 Å². The van der Waals surface area contributed by atoms with E-state index in [4.69, 9.17) is 15.0 Å². The van der Waals surface area contributed by atoms with Crippen molar-refractivity contribution in [3.8, 4) is 0 Å². The highest BCUT2D eigenvalue weighted by Gasteiger charge is 2.20. The van der Waals surface area contributed by atoms with E-state index in [1.807, 2.05) is 0 Å². The number of carbonyl (C=O) groups is 1. The first-order valence-corrected chi connectivity index (χ1v) is 5.74. The topological polar surface area (TPSA) is 122 Å². The lowest BCUT2D eigenvalue weighted by Crippen LogP contribution is -2.15. The average molecular weight is 266 g/mol. The minimum Gasteiger partial charge on any atom is -0.461 e. The van der Waals surface area contributed by atoms with Crippen molar-refractivity contribution < 1.29 is 14.1 Å². The molecule has 0 aliphatic heterocycles. The number of rotatable bonds is 5. The van der Waals surface area contributed by atoms with E-state index in [0.29, 0.717) is 17.4 Å². The Balaban J connectivity index is 2.24. The van der Waals surface area contributed by atoms with Crippen molar-refractivity contribution >= 4 is 5.97 Å². The molecule has 0 bridgehead atoms. The monoisotopic (exact) mass is 266 g/mol. The van der Waals surface area contributed by atoms with E-state index in [2.05, 4.69) is 20.5 Å². The van der Waals surface area contributed by atoms with Gasteiger partial charge in [-0.1, -0.05) is 10.4 Å². The zero-order chi connectivity index (χ0) is 13.8. The number of carbonyl (C=O) groups excluding carboxylic acids is 1. The molecule has 0 atom stereocenters. The average Bonchev–Trinajstić information content (AvgIpc) is 2.96. The summed E-state index contributed by atoms with van der Waals surface area (Å²) in [5.41, 5.74) is 6.20. The van der Waals surface area contributed by atoms with Crippen LogP contribution in [0, 0.1) is 6.92 Å². The van der Waals surface area contributed by atoms with E-state index in [9.17, 15) is 4.79 Å². The molecule has 2 aromatic heterocycles. The lowest BCUT2D eigenvalue weighted by molar-refractivity contribution is 0.0518. The third-order valence-electron chi connectivity index (χ3n) is 2.36. The Bertz CT molecular complexity index is 576. The standard InChI is InChI=1S/C10H14N6O3/c1-3-18-10(17)9-7(4-11)16(15-13-9)5-8-12-6(2)19-14-8/h3-5,11H2,1-2H3. The van der Waals surface area contributed by atoms with E-state index in [-0.39, 0.29) is 25.4 Å². The maximum absolute atomic E-state index is 11.7. The molecule has 2 N–H and O–H groups in total. The van der Waals surface area contributed by atoms with Crippen LogP contribution in [0.2, 0.25) is 0 Å². The molecule has 0 aromatic carbocycles. The van der Waals surface area contributed by atoms with E-state index in [1.54, 1.807) is 13.8 Å². The summed E-state index contributed by atoms with van der Waals surface area (Å²) in [5.74, 6) is 0.348. The molecule has 0 aliphatic carbocycles. The molecule has 2 aromatic rings. The first-order valence-electron chi connectivity index (χ1n) is 5.74. The van der Waals surface area contributed by atoms with Gasteiger partial charge in [-0.3, -0.25) is 0 Å². The number of esters is 1. The third kappa shape index (κ3) is 2.76. The molecule has 2 heterocycles. The molecule has 0 spiro atoms. The van der Waals surface area contributed by atoms with Gasteiger partial charge in [-0.25, -0.2) is 9.48 Å². The molecule has 0 aliphatic rings. The highest BCUT2D eigenvalue weighted by atomic mass is 16.5. The van der Waals surface area contributed by atoms with Gasteiger partial charge in [0.1, 0.15) is 6.54 Å². The highest BCUT2D eigenvalue weighted by Crippen LogP contribution is 2.08. The van der Waals surface area contributed by atoms with Gasteiger partial charge in [0.25, 0.3) is 0 Å². The van der Waals surface area contributed by atoms with Gasteiger partial charge < -0.3 is 15.0 Å². The van der Waals surface area contributed by atoms with Gasteiger partial charge in [0.2, 0.25) is 5.89 Å². The smallest absolute Gasteiger partial charge is 0.360 e. The van der Waals surface area contributed by atoms with E-state index in [1.165, 1.54) is 4.68 Å². The van der Waals surface area contributed by atoms with Crippen LogP contribution in [0.5, 0.6) is 0 Å². The van der Waals surface area contributed by atoms with E-state index in [0.717, 1.165) is 0 Å². The number of aromatic nitrogens is 5. The van der Waals surface area contributed by atoms with Crippen molar-refractivity contribution in [1.82, 2.24) is 25.1 Å². The van der Waals surface area contributed by atoms with Crippen molar-refractivity contribution in [3.63, 3.8) is 0 Å². The van der Waals surface area contributed by atoms with Crippen molar-refractivity contribution in [2.24, 2.45) is 5.73 Å². The summed E-state index contributed by atoms with van der Waals surface area (Å²) in [6.45, 7) is 4.01. The first kappa shape index (κ1) is 13.1. The van der Waals surface area contributed by atoms with Crippen LogP contribution in [-0.2, 0) is 17.8 Å². The summed E-state index contributed by atoms with van der Waals surface area (Å²) in [7, 11) is 0. The SMILES string of the molecule is CCOC(=O)c1nnn(Cc2noc(C)n2)c1CN. The van der Waals surface area contributed by atoms with Crippen molar-refractivity contribution in [2.45, 2.75) is 26.9 Å². The second kappa shape index (κ2) is 5.57. The summed E-state index contributed by atoms with van der Waals surface area (Å²) >= 11 is 0. The van der Waals surface area contributed by atoms with Gasteiger partial charge in [-0.05, 0) is 6.92 Å². The van der Waals surface area contributed by atoms with Gasteiger partial charge in [0.15, 0.2) is 11.5 Å². The lowest BCUT2D eigenvalue weighted by Gasteiger charge is -2.03. The Morgan fingerprint density at radius 1 is 1.53 bits per heavy atom. The molecule has 19 heavy (non-hydrogen) atoms. The van der Waals surface area contributed by atoms with Crippen LogP contribution in [0.25, 0.3) is 0 Å². The largest absolute Gasteiger partial charge is 0.461 e. The van der Waals surface area contributed by atoms with E-state index < -0.39 is 5.97 Å². The Labute approximate surface area is 108 Å². The molecule has 0 radical (unpaired) electrons. The van der Waals surface area contributed by atoms with Crippen LogP contribution in [0.4, 0.5) is 0 Å². The Morgan fingerprint density at radius 2 is 2.32 bits per heavy atom. The zero-order valence-corrected chi connectivity index (χ0v) is 10.7. The normalized spacial score (nSPS) is 10.7. The summed E-state index contributed by atoms with van der Waals surface area (Å²) in [6.07, 6.45) is 0. The molecule has 0 fully saturated rings. The van der Waals surface area contributed by atoms with Crippen molar-refractivity contribution in [3.05, 3.63) is 23.1 Å². The third-order valence-corrected chi connectivity index (χ3v) is 2.36. The van der Waals surface area contributed by atoms with Crippen LogP contribution in [0.3, 0.4) is 0 Å². The molecule has 9 heteroatoms. The van der Waals surface area contributed by atoms with Crippen molar-refractivity contribution in [2.75, 3.05) is 6.61 Å². The lowest BCUT2D eigenvalue weighted by atomic mass is 10.3. The minimum absolute atomic E-state index is 0.109. The molecule has 2 rings (SSSR count). The molecule has 0 saturated carbocycles. The molecule has 0 saturated heterocycles. The fourth-order valence-corrected chi connectivity index (χ4v) is 1.56. The van der Waals surface area contributed by atoms with Gasteiger partial charge in [0.05, 0.1) is 12.3 Å². The van der Waals surface area contributed by atoms with Crippen LogP contribution < -0.4 is 5.73 Å². The highest BCUT2D eigenvalue weighted by molar-refractivity contribution is 5.88. The maximum Gasteiger partial charge on any atom is 0.360 e. The van der Waals surface area contributed by atoms with Gasteiger partial charge in [0, 0.05) is 13.5 Å². The predicted molar refractivity (Wildman–Crippen MR) is 62.0 cm³/mol. The minimum atomic E-state index is -0.543. The molecular weight excluding hydrogens is 252 g/mol. The molecule has 0 amide bonds. The summed E-state index contributed by atoms with van der Waals surface area (Å²) in [5, 5.41) is 11.4. The van der Waals surface area contributed by atoms with Crippen LogP contribution >= 0.6 is 0 Å². The molecule has 102 valence electrons.